The minimum absolute atomic E-state index is 0.137. The van der Waals surface area contributed by atoms with Gasteiger partial charge in [0.15, 0.2) is 0 Å². The van der Waals surface area contributed by atoms with Crippen LogP contribution in [0.5, 0.6) is 0 Å². The SMILES string of the molecule is Cc1ccc(-c2cc(CC(=O)O)nn2-c2ccc(SOON)cc2)cc1. The highest BCUT2D eigenvalue weighted by Crippen LogP contribution is 2.26. The van der Waals surface area contributed by atoms with Crippen molar-refractivity contribution in [2.24, 2.45) is 5.90 Å². The van der Waals surface area contributed by atoms with E-state index in [4.69, 9.17) is 11.0 Å². The van der Waals surface area contributed by atoms with Crippen molar-refractivity contribution in [2.45, 2.75) is 18.2 Å². The summed E-state index contributed by atoms with van der Waals surface area (Å²) in [6.45, 7) is 2.01. The second kappa shape index (κ2) is 8.15. The zero-order chi connectivity index (χ0) is 18.5. The van der Waals surface area contributed by atoms with Gasteiger partial charge >= 0.3 is 5.97 Å². The van der Waals surface area contributed by atoms with Crippen LogP contribution in [0.15, 0.2) is 59.5 Å². The minimum atomic E-state index is -0.921. The number of carbonyl (C=O) groups is 1. The Bertz CT molecular complexity index is 892. The number of hydrogen-bond donors (Lipinski definition) is 2. The molecule has 0 bridgehead atoms. The first kappa shape index (κ1) is 18.2. The molecule has 0 aliphatic carbocycles. The molecule has 0 saturated carbocycles. The molecule has 3 aromatic rings. The summed E-state index contributed by atoms with van der Waals surface area (Å²) in [5.41, 5.74) is 4.22. The smallest absolute Gasteiger partial charge is 0.309 e. The number of aliphatic carboxylic acids is 1. The summed E-state index contributed by atoms with van der Waals surface area (Å²) in [5, 5.41) is 13.5. The Morgan fingerprint density at radius 1 is 1.19 bits per heavy atom. The summed E-state index contributed by atoms with van der Waals surface area (Å²) in [4.78, 5) is 15.9. The van der Waals surface area contributed by atoms with Gasteiger partial charge in [-0.2, -0.15) is 11.0 Å². The largest absolute Gasteiger partial charge is 0.481 e. The molecule has 2 aromatic carbocycles. The number of hydrogen-bond acceptors (Lipinski definition) is 6. The first-order chi connectivity index (χ1) is 12.6. The maximum absolute atomic E-state index is 11.1. The van der Waals surface area contributed by atoms with Gasteiger partial charge in [0, 0.05) is 10.5 Å². The molecule has 0 aliphatic rings. The molecule has 7 nitrogen and oxygen atoms in total. The number of aromatic nitrogens is 2. The van der Waals surface area contributed by atoms with Crippen molar-refractivity contribution in [3.8, 4) is 16.9 Å². The van der Waals surface area contributed by atoms with Crippen molar-refractivity contribution < 1.29 is 19.2 Å². The van der Waals surface area contributed by atoms with Crippen molar-refractivity contribution in [1.29, 1.82) is 0 Å². The Morgan fingerprint density at radius 2 is 1.88 bits per heavy atom. The normalized spacial score (nSPS) is 10.8. The summed E-state index contributed by atoms with van der Waals surface area (Å²) < 4.78 is 6.36. The van der Waals surface area contributed by atoms with E-state index in [1.807, 2.05) is 55.5 Å². The zero-order valence-corrected chi connectivity index (χ0v) is 14.8. The molecule has 134 valence electrons. The molecule has 3 rings (SSSR count). The fraction of sp³-hybridized carbons (Fsp3) is 0.111. The molecule has 1 aromatic heterocycles. The lowest BCUT2D eigenvalue weighted by atomic mass is 10.1. The van der Waals surface area contributed by atoms with Gasteiger partial charge in [0.05, 0.1) is 35.5 Å². The molecule has 1 heterocycles. The molecule has 0 radical (unpaired) electrons. The van der Waals surface area contributed by atoms with E-state index in [1.165, 1.54) is 0 Å². The molecular weight excluding hydrogens is 354 g/mol. The van der Waals surface area contributed by atoms with Crippen LogP contribution in [0.1, 0.15) is 11.3 Å². The van der Waals surface area contributed by atoms with E-state index in [-0.39, 0.29) is 6.42 Å². The van der Waals surface area contributed by atoms with Gasteiger partial charge in [-0.15, -0.1) is 9.32 Å². The predicted molar refractivity (Wildman–Crippen MR) is 97.3 cm³/mol. The molecule has 0 atom stereocenters. The van der Waals surface area contributed by atoms with Crippen LogP contribution in [0.25, 0.3) is 16.9 Å². The lowest BCUT2D eigenvalue weighted by molar-refractivity contribution is -0.195. The van der Waals surface area contributed by atoms with Gasteiger partial charge in [-0.05, 0) is 37.3 Å². The van der Waals surface area contributed by atoms with Crippen LogP contribution < -0.4 is 5.90 Å². The monoisotopic (exact) mass is 371 g/mol. The van der Waals surface area contributed by atoms with Gasteiger partial charge in [0.1, 0.15) is 0 Å². The van der Waals surface area contributed by atoms with Crippen molar-refractivity contribution >= 4 is 18.0 Å². The van der Waals surface area contributed by atoms with E-state index in [9.17, 15) is 4.79 Å². The lowest BCUT2D eigenvalue weighted by Crippen LogP contribution is -2.03. The van der Waals surface area contributed by atoms with Crippen molar-refractivity contribution in [1.82, 2.24) is 9.78 Å². The average molecular weight is 371 g/mol. The molecule has 0 unspecified atom stereocenters. The molecule has 26 heavy (non-hydrogen) atoms. The number of rotatable bonds is 7. The number of aryl methyl sites for hydroxylation is 1. The molecule has 0 fully saturated rings. The Kier molecular flexibility index (Phi) is 5.69. The predicted octanol–water partition coefficient (Wildman–Crippen LogP) is 3.30. The maximum Gasteiger partial charge on any atom is 0.309 e. The van der Waals surface area contributed by atoms with Crippen LogP contribution in [0.3, 0.4) is 0 Å². The van der Waals surface area contributed by atoms with E-state index in [1.54, 1.807) is 10.7 Å². The van der Waals surface area contributed by atoms with Crippen molar-refractivity contribution in [2.75, 3.05) is 0 Å². The third-order valence-corrected chi connectivity index (χ3v) is 4.30. The molecular formula is C18H17N3O4S. The van der Waals surface area contributed by atoms with Crippen LogP contribution >= 0.6 is 12.0 Å². The third kappa shape index (κ3) is 4.30. The first-order valence-corrected chi connectivity index (χ1v) is 8.49. The summed E-state index contributed by atoms with van der Waals surface area (Å²) in [6.07, 6.45) is -0.137. The van der Waals surface area contributed by atoms with Gasteiger partial charge < -0.3 is 5.11 Å². The van der Waals surface area contributed by atoms with Gasteiger partial charge in [0.25, 0.3) is 0 Å². The van der Waals surface area contributed by atoms with Crippen LogP contribution in [0.4, 0.5) is 0 Å². The second-order valence-electron chi connectivity index (χ2n) is 5.61. The molecule has 3 N–H and O–H groups in total. The summed E-state index contributed by atoms with van der Waals surface area (Å²) in [5.74, 6) is 3.91. The van der Waals surface area contributed by atoms with Gasteiger partial charge in [-0.1, -0.05) is 29.8 Å². The number of nitrogens with two attached hydrogens (primary N) is 1. The van der Waals surface area contributed by atoms with E-state index < -0.39 is 5.97 Å². The fourth-order valence-electron chi connectivity index (χ4n) is 2.50. The van der Waals surface area contributed by atoms with E-state index in [2.05, 4.69) is 14.4 Å². The summed E-state index contributed by atoms with van der Waals surface area (Å²) >= 11 is 0.986. The lowest BCUT2D eigenvalue weighted by Gasteiger charge is -2.08. The highest BCUT2D eigenvalue weighted by atomic mass is 32.2. The first-order valence-electron chi connectivity index (χ1n) is 7.75. The van der Waals surface area contributed by atoms with Crippen LogP contribution in [0.2, 0.25) is 0 Å². The van der Waals surface area contributed by atoms with E-state index in [0.717, 1.165) is 39.4 Å². The molecule has 8 heteroatoms. The topological polar surface area (TPSA) is 99.6 Å². The fourth-order valence-corrected chi connectivity index (χ4v) is 2.87. The average Bonchev–Trinajstić information content (AvgIpc) is 3.04. The van der Waals surface area contributed by atoms with Gasteiger partial charge in [0.2, 0.25) is 0 Å². The zero-order valence-electron chi connectivity index (χ0n) is 14.0. The second-order valence-corrected chi connectivity index (χ2v) is 6.38. The Hall–Kier alpha value is -2.65. The van der Waals surface area contributed by atoms with E-state index >= 15 is 0 Å². The number of nitrogens with zero attached hydrogens (tertiary/aromatic N) is 2. The van der Waals surface area contributed by atoms with Crippen LogP contribution in [-0.2, 0) is 20.5 Å². The quantitative estimate of drug-likeness (QED) is 0.373. The van der Waals surface area contributed by atoms with Gasteiger partial charge in [-0.3, -0.25) is 4.79 Å². The summed E-state index contributed by atoms with van der Waals surface area (Å²) in [7, 11) is 0. The molecule has 0 saturated heterocycles. The summed E-state index contributed by atoms with van der Waals surface area (Å²) in [6, 6.07) is 17.2. The van der Waals surface area contributed by atoms with Crippen molar-refractivity contribution in [3.05, 3.63) is 65.9 Å². The number of carboxylic acid groups (broad SMARTS) is 1. The standard InChI is InChI=1S/C18H17N3O4S/c1-12-2-4-13(5-3-12)17-10-14(11-18(22)23)20-21(17)15-6-8-16(9-7-15)26-25-24-19/h2-10H,11,19H2,1H3,(H,22,23). The number of carboxylic acids is 1. The molecule has 0 amide bonds. The minimum Gasteiger partial charge on any atom is -0.481 e. The highest BCUT2D eigenvalue weighted by molar-refractivity contribution is 7.94. The Morgan fingerprint density at radius 3 is 2.50 bits per heavy atom. The maximum atomic E-state index is 11.1. The van der Waals surface area contributed by atoms with Crippen LogP contribution in [0, 0.1) is 6.92 Å². The Balaban J connectivity index is 1.99. The number of benzene rings is 2. The molecule has 0 spiro atoms. The Labute approximate surface area is 154 Å². The highest BCUT2D eigenvalue weighted by Gasteiger charge is 2.14. The van der Waals surface area contributed by atoms with E-state index in [0.29, 0.717) is 5.69 Å². The van der Waals surface area contributed by atoms with Crippen molar-refractivity contribution in [3.63, 3.8) is 0 Å². The third-order valence-electron chi connectivity index (χ3n) is 3.69. The van der Waals surface area contributed by atoms with Crippen LogP contribution in [-0.4, -0.2) is 20.9 Å². The molecule has 0 aliphatic heterocycles. The van der Waals surface area contributed by atoms with Gasteiger partial charge in [-0.25, -0.2) is 4.68 Å².